The summed E-state index contributed by atoms with van der Waals surface area (Å²) in [5, 5.41) is 0. The van der Waals surface area contributed by atoms with Gasteiger partial charge in [-0.1, -0.05) is 40.2 Å². The third-order valence-electron chi connectivity index (χ3n) is 2.97. The Bertz CT molecular complexity index is 613. The number of aryl methyl sites for hydroxylation is 1. The monoisotopic (exact) mass is 332 g/mol. The van der Waals surface area contributed by atoms with Crippen molar-refractivity contribution >= 4 is 21.7 Å². The molecular weight excluding hydrogens is 316 g/mol. The van der Waals surface area contributed by atoms with E-state index in [-0.39, 0.29) is 5.78 Å². The molecule has 2 aromatic rings. The van der Waals surface area contributed by atoms with E-state index in [1.165, 1.54) is 0 Å². The van der Waals surface area contributed by atoms with Gasteiger partial charge in [0.25, 0.3) is 0 Å². The number of ketones is 1. The van der Waals surface area contributed by atoms with Crippen LogP contribution in [0.2, 0.25) is 0 Å². The minimum absolute atomic E-state index is 0.104. The van der Waals surface area contributed by atoms with Crippen LogP contribution in [0.4, 0.5) is 0 Å². The van der Waals surface area contributed by atoms with Crippen LogP contribution in [-0.2, 0) is 6.54 Å². The largest absolute Gasteiger partial charge is 0.293 e. The fourth-order valence-electron chi connectivity index (χ4n) is 2.04. The Hall–Kier alpha value is -1.52. The number of pyridine rings is 1. The molecule has 0 saturated carbocycles. The van der Waals surface area contributed by atoms with Gasteiger partial charge in [-0.15, -0.1) is 0 Å². The number of carbonyl (C=O) groups excluding carboxylic acids is 1. The van der Waals surface area contributed by atoms with E-state index in [4.69, 9.17) is 0 Å². The smallest absolute Gasteiger partial charge is 0.177 e. The van der Waals surface area contributed by atoms with Crippen LogP contribution in [0.15, 0.2) is 46.9 Å². The van der Waals surface area contributed by atoms with E-state index in [2.05, 4.69) is 20.9 Å². The first-order chi connectivity index (χ1) is 9.56. The fraction of sp³-hybridized carbons (Fsp3) is 0.250. The Kier molecular flexibility index (Phi) is 5.04. The number of hydrogen-bond acceptors (Lipinski definition) is 3. The van der Waals surface area contributed by atoms with Crippen molar-refractivity contribution in [2.45, 2.75) is 13.5 Å². The van der Waals surface area contributed by atoms with Gasteiger partial charge >= 0.3 is 0 Å². The number of rotatable bonds is 5. The maximum Gasteiger partial charge on any atom is 0.177 e. The summed E-state index contributed by atoms with van der Waals surface area (Å²) in [6.45, 7) is 3.01. The summed E-state index contributed by atoms with van der Waals surface area (Å²) in [6, 6.07) is 13.4. The molecule has 0 spiro atoms. The van der Waals surface area contributed by atoms with Gasteiger partial charge in [0.1, 0.15) is 0 Å². The molecule has 104 valence electrons. The highest BCUT2D eigenvalue weighted by Crippen LogP contribution is 2.16. The summed E-state index contributed by atoms with van der Waals surface area (Å²) < 4.78 is 0.840. The minimum Gasteiger partial charge on any atom is -0.293 e. The zero-order chi connectivity index (χ0) is 14.5. The van der Waals surface area contributed by atoms with Crippen molar-refractivity contribution in [1.29, 1.82) is 0 Å². The normalized spacial score (nSPS) is 10.8. The van der Waals surface area contributed by atoms with Gasteiger partial charge in [0.05, 0.1) is 12.2 Å². The predicted octanol–water partition coefficient (Wildman–Crippen LogP) is 3.47. The minimum atomic E-state index is 0.104. The SMILES string of the molecule is Cc1cccc(CN(C)CC(=O)c2ccccc2Br)n1. The number of halogens is 1. The topological polar surface area (TPSA) is 33.2 Å². The molecule has 1 heterocycles. The second-order valence-electron chi connectivity index (χ2n) is 4.85. The third kappa shape index (κ3) is 3.99. The first-order valence-corrected chi connectivity index (χ1v) is 7.24. The lowest BCUT2D eigenvalue weighted by Gasteiger charge is -2.16. The number of hydrogen-bond donors (Lipinski definition) is 0. The number of likely N-dealkylation sites (N-methyl/N-ethyl adjacent to an activating group) is 1. The molecule has 0 amide bonds. The lowest BCUT2D eigenvalue weighted by Crippen LogP contribution is -2.26. The van der Waals surface area contributed by atoms with Gasteiger partial charge in [0, 0.05) is 22.3 Å². The summed E-state index contributed by atoms with van der Waals surface area (Å²) in [5.74, 6) is 0.104. The van der Waals surface area contributed by atoms with Gasteiger partial charge in [0.15, 0.2) is 5.78 Å². The van der Waals surface area contributed by atoms with E-state index in [1.54, 1.807) is 0 Å². The molecule has 2 rings (SSSR count). The van der Waals surface area contributed by atoms with Gasteiger partial charge in [-0.05, 0) is 32.2 Å². The van der Waals surface area contributed by atoms with Crippen LogP contribution < -0.4 is 0 Å². The molecule has 0 saturated heterocycles. The lowest BCUT2D eigenvalue weighted by atomic mass is 10.1. The van der Waals surface area contributed by atoms with Gasteiger partial charge in [-0.2, -0.15) is 0 Å². The molecule has 20 heavy (non-hydrogen) atoms. The molecule has 0 fully saturated rings. The first kappa shape index (κ1) is 14.9. The average Bonchev–Trinajstić information content (AvgIpc) is 2.38. The molecule has 0 radical (unpaired) electrons. The van der Waals surface area contributed by atoms with Crippen LogP contribution in [0, 0.1) is 6.92 Å². The molecule has 0 aliphatic carbocycles. The number of aromatic nitrogens is 1. The van der Waals surface area contributed by atoms with Gasteiger partial charge < -0.3 is 0 Å². The molecule has 0 aliphatic heterocycles. The van der Waals surface area contributed by atoms with Crippen molar-refractivity contribution < 1.29 is 4.79 Å². The highest BCUT2D eigenvalue weighted by atomic mass is 79.9. The number of carbonyl (C=O) groups is 1. The van der Waals surface area contributed by atoms with Crippen molar-refractivity contribution in [2.75, 3.05) is 13.6 Å². The molecule has 0 unspecified atom stereocenters. The average molecular weight is 333 g/mol. The van der Waals surface area contributed by atoms with Crippen LogP contribution in [0.1, 0.15) is 21.7 Å². The van der Waals surface area contributed by atoms with Crippen LogP contribution >= 0.6 is 15.9 Å². The Morgan fingerprint density at radius 1 is 1.20 bits per heavy atom. The lowest BCUT2D eigenvalue weighted by molar-refractivity contribution is 0.0941. The highest BCUT2D eigenvalue weighted by Gasteiger charge is 2.12. The number of nitrogens with zero attached hydrogens (tertiary/aromatic N) is 2. The van der Waals surface area contributed by atoms with E-state index < -0.39 is 0 Å². The maximum absolute atomic E-state index is 12.2. The maximum atomic E-state index is 12.2. The molecule has 0 bridgehead atoms. The molecule has 0 N–H and O–H groups in total. The Labute approximate surface area is 127 Å². The number of benzene rings is 1. The van der Waals surface area contributed by atoms with Gasteiger partial charge in [-0.25, -0.2) is 0 Å². The molecule has 1 aromatic carbocycles. The predicted molar refractivity (Wildman–Crippen MR) is 83.8 cm³/mol. The van der Waals surface area contributed by atoms with Crippen LogP contribution in [-0.4, -0.2) is 29.3 Å². The zero-order valence-corrected chi connectivity index (χ0v) is 13.2. The summed E-state index contributed by atoms with van der Waals surface area (Å²) in [5.41, 5.74) is 2.69. The second kappa shape index (κ2) is 6.77. The summed E-state index contributed by atoms with van der Waals surface area (Å²) in [6.07, 6.45) is 0. The molecule has 3 nitrogen and oxygen atoms in total. The van der Waals surface area contributed by atoms with E-state index >= 15 is 0 Å². The molecule has 0 aliphatic rings. The Balaban J connectivity index is 2.00. The van der Waals surface area contributed by atoms with Crippen molar-refractivity contribution in [3.63, 3.8) is 0 Å². The van der Waals surface area contributed by atoms with Crippen molar-refractivity contribution in [1.82, 2.24) is 9.88 Å². The number of Topliss-reactive ketones (excluding diaryl/α,β-unsaturated/α-hetero) is 1. The van der Waals surface area contributed by atoms with Crippen molar-refractivity contribution in [3.05, 3.63) is 63.9 Å². The van der Waals surface area contributed by atoms with Crippen LogP contribution in [0.3, 0.4) is 0 Å². The highest BCUT2D eigenvalue weighted by molar-refractivity contribution is 9.10. The van der Waals surface area contributed by atoms with Crippen LogP contribution in [0.5, 0.6) is 0 Å². The van der Waals surface area contributed by atoms with Crippen molar-refractivity contribution in [2.24, 2.45) is 0 Å². The molecule has 4 heteroatoms. The second-order valence-corrected chi connectivity index (χ2v) is 5.70. The molecule has 0 atom stereocenters. The van der Waals surface area contributed by atoms with E-state index in [1.807, 2.05) is 61.3 Å². The molecular formula is C16H17BrN2O. The quantitative estimate of drug-likeness (QED) is 0.786. The summed E-state index contributed by atoms with van der Waals surface area (Å²) in [4.78, 5) is 18.7. The van der Waals surface area contributed by atoms with E-state index in [9.17, 15) is 4.79 Å². The van der Waals surface area contributed by atoms with E-state index in [0.29, 0.717) is 13.1 Å². The molecule has 1 aromatic heterocycles. The summed E-state index contributed by atoms with van der Waals surface area (Å²) in [7, 11) is 1.93. The first-order valence-electron chi connectivity index (χ1n) is 6.45. The third-order valence-corrected chi connectivity index (χ3v) is 3.66. The van der Waals surface area contributed by atoms with Crippen molar-refractivity contribution in [3.8, 4) is 0 Å². The standard InChI is InChI=1S/C16H17BrN2O/c1-12-6-5-7-13(18-12)10-19(2)11-16(20)14-8-3-4-9-15(14)17/h3-9H,10-11H2,1-2H3. The summed E-state index contributed by atoms with van der Waals surface area (Å²) >= 11 is 3.41. The fourth-order valence-corrected chi connectivity index (χ4v) is 2.54. The zero-order valence-electron chi connectivity index (χ0n) is 11.6. The Morgan fingerprint density at radius 3 is 2.65 bits per heavy atom. The van der Waals surface area contributed by atoms with Crippen LogP contribution in [0.25, 0.3) is 0 Å². The van der Waals surface area contributed by atoms with Gasteiger partial charge in [-0.3, -0.25) is 14.7 Å². The van der Waals surface area contributed by atoms with Gasteiger partial charge in [0.2, 0.25) is 0 Å². The Morgan fingerprint density at radius 2 is 1.95 bits per heavy atom. The van der Waals surface area contributed by atoms with E-state index in [0.717, 1.165) is 21.4 Å².